The van der Waals surface area contributed by atoms with Crippen LogP contribution in [0.5, 0.6) is 0 Å². The maximum atomic E-state index is 12.7. The minimum atomic E-state index is -0.309. The number of piperidine rings is 1. The third kappa shape index (κ3) is 4.71. The largest absolute Gasteiger partial charge is 0.450 e. The predicted octanol–water partition coefficient (Wildman–Crippen LogP) is 1.37. The van der Waals surface area contributed by atoms with Crippen LogP contribution in [0.15, 0.2) is 24.3 Å². The van der Waals surface area contributed by atoms with Crippen LogP contribution in [0.1, 0.15) is 48.5 Å². The summed E-state index contributed by atoms with van der Waals surface area (Å²) in [5.41, 5.74) is 1.43. The second-order valence-electron chi connectivity index (χ2n) is 8.57. The molecule has 3 fully saturated rings. The number of rotatable bonds is 5. The summed E-state index contributed by atoms with van der Waals surface area (Å²) < 4.78 is 5.02. The molecule has 172 valence electrons. The van der Waals surface area contributed by atoms with Gasteiger partial charge in [0, 0.05) is 37.8 Å². The summed E-state index contributed by atoms with van der Waals surface area (Å²) in [4.78, 5) is 54.4. The summed E-state index contributed by atoms with van der Waals surface area (Å²) in [6.45, 7) is 4.41. The third-order valence-corrected chi connectivity index (χ3v) is 6.44. The zero-order chi connectivity index (χ0) is 22.7. The van der Waals surface area contributed by atoms with E-state index in [1.54, 1.807) is 33.8 Å². The van der Waals surface area contributed by atoms with Gasteiger partial charge in [0.2, 0.25) is 11.8 Å². The molecule has 4 rings (SSSR count). The molecule has 32 heavy (non-hydrogen) atoms. The van der Waals surface area contributed by atoms with Gasteiger partial charge in [0.05, 0.1) is 6.61 Å². The SMILES string of the molecule is CCOC(=O)N1CCC(NC(=O)c2ccc(CN3CC(=O)N4CCCC4C3=O)cc2)CC1. The molecule has 1 aromatic carbocycles. The first kappa shape index (κ1) is 22.1. The maximum Gasteiger partial charge on any atom is 0.409 e. The Balaban J connectivity index is 1.28. The Bertz CT molecular complexity index is 879. The molecule has 0 aromatic heterocycles. The van der Waals surface area contributed by atoms with Crippen molar-refractivity contribution in [2.24, 2.45) is 0 Å². The van der Waals surface area contributed by atoms with Crippen LogP contribution < -0.4 is 5.32 Å². The topological polar surface area (TPSA) is 99.3 Å². The molecule has 1 aromatic rings. The quantitative estimate of drug-likeness (QED) is 0.743. The van der Waals surface area contributed by atoms with Crippen molar-refractivity contribution in [2.45, 2.75) is 51.2 Å². The van der Waals surface area contributed by atoms with Crippen molar-refractivity contribution < 1.29 is 23.9 Å². The molecule has 9 nitrogen and oxygen atoms in total. The standard InChI is InChI=1S/C23H30N4O5/c1-2-32-23(31)25-12-9-18(10-13-25)24-21(29)17-7-5-16(6-8-17)14-26-15-20(28)27-11-3-4-19(27)22(26)30/h5-8,18-19H,2-4,9-15H2,1H3,(H,24,29). The second kappa shape index (κ2) is 9.58. The van der Waals surface area contributed by atoms with Crippen molar-refractivity contribution in [2.75, 3.05) is 32.8 Å². The average Bonchev–Trinajstić information content (AvgIpc) is 3.29. The fraction of sp³-hybridized carbons (Fsp3) is 0.565. The van der Waals surface area contributed by atoms with Crippen molar-refractivity contribution in [1.29, 1.82) is 0 Å². The van der Waals surface area contributed by atoms with E-state index in [2.05, 4.69) is 5.32 Å². The smallest absolute Gasteiger partial charge is 0.409 e. The summed E-state index contributed by atoms with van der Waals surface area (Å²) in [5, 5.41) is 3.03. The number of fused-ring (bicyclic) bond motifs is 1. The number of hydrogen-bond donors (Lipinski definition) is 1. The van der Waals surface area contributed by atoms with Crippen LogP contribution in [-0.4, -0.2) is 83.4 Å². The van der Waals surface area contributed by atoms with Crippen LogP contribution in [0.25, 0.3) is 0 Å². The minimum Gasteiger partial charge on any atom is -0.450 e. The number of hydrogen-bond acceptors (Lipinski definition) is 5. The number of ether oxygens (including phenoxy) is 1. The molecule has 3 saturated heterocycles. The minimum absolute atomic E-state index is 0.0112. The Morgan fingerprint density at radius 1 is 1.06 bits per heavy atom. The molecule has 1 unspecified atom stereocenters. The van der Waals surface area contributed by atoms with Gasteiger partial charge in [-0.15, -0.1) is 0 Å². The molecule has 9 heteroatoms. The number of benzene rings is 1. The highest BCUT2D eigenvalue weighted by Gasteiger charge is 2.41. The highest BCUT2D eigenvalue weighted by molar-refractivity contribution is 5.95. The summed E-state index contributed by atoms with van der Waals surface area (Å²) in [5.74, 6) is -0.132. The van der Waals surface area contributed by atoms with E-state index in [9.17, 15) is 19.2 Å². The Hall–Kier alpha value is -3.10. The molecule has 0 spiro atoms. The first-order valence-corrected chi connectivity index (χ1v) is 11.4. The van der Waals surface area contributed by atoms with Gasteiger partial charge in [-0.1, -0.05) is 12.1 Å². The lowest BCUT2D eigenvalue weighted by atomic mass is 10.0. The Labute approximate surface area is 187 Å². The molecular weight excluding hydrogens is 412 g/mol. The summed E-state index contributed by atoms with van der Waals surface area (Å²) in [6.07, 6.45) is 2.68. The lowest BCUT2D eigenvalue weighted by molar-refractivity contribution is -0.154. The molecule has 3 aliphatic rings. The third-order valence-electron chi connectivity index (χ3n) is 6.44. The summed E-state index contributed by atoms with van der Waals surface area (Å²) in [7, 11) is 0. The number of nitrogens with zero attached hydrogens (tertiary/aromatic N) is 3. The van der Waals surface area contributed by atoms with Crippen LogP contribution in [0.2, 0.25) is 0 Å². The van der Waals surface area contributed by atoms with E-state index in [1.807, 2.05) is 12.1 Å². The van der Waals surface area contributed by atoms with Crippen LogP contribution in [-0.2, 0) is 20.9 Å². The van der Waals surface area contributed by atoms with Gasteiger partial charge in [-0.25, -0.2) is 4.79 Å². The number of nitrogens with one attached hydrogen (secondary N) is 1. The number of amides is 4. The van der Waals surface area contributed by atoms with E-state index < -0.39 is 0 Å². The van der Waals surface area contributed by atoms with Gasteiger partial charge in [0.1, 0.15) is 12.6 Å². The molecule has 1 atom stereocenters. The second-order valence-corrected chi connectivity index (χ2v) is 8.57. The molecular formula is C23H30N4O5. The van der Waals surface area contributed by atoms with Gasteiger partial charge >= 0.3 is 6.09 Å². The van der Waals surface area contributed by atoms with Crippen LogP contribution in [0, 0.1) is 0 Å². The molecule has 4 amide bonds. The fourth-order valence-corrected chi connectivity index (χ4v) is 4.67. The summed E-state index contributed by atoms with van der Waals surface area (Å²) >= 11 is 0. The predicted molar refractivity (Wildman–Crippen MR) is 116 cm³/mol. The zero-order valence-electron chi connectivity index (χ0n) is 18.4. The van der Waals surface area contributed by atoms with Crippen molar-refractivity contribution in [3.63, 3.8) is 0 Å². The van der Waals surface area contributed by atoms with E-state index in [4.69, 9.17) is 4.74 Å². The number of carbonyl (C=O) groups is 4. The average molecular weight is 443 g/mol. The van der Waals surface area contributed by atoms with Gasteiger partial charge in [0.25, 0.3) is 5.91 Å². The Morgan fingerprint density at radius 3 is 2.47 bits per heavy atom. The van der Waals surface area contributed by atoms with Gasteiger partial charge < -0.3 is 24.8 Å². The molecule has 0 bridgehead atoms. The van der Waals surface area contributed by atoms with Crippen molar-refractivity contribution in [3.05, 3.63) is 35.4 Å². The van der Waals surface area contributed by atoms with Crippen molar-refractivity contribution in [1.82, 2.24) is 20.0 Å². The van der Waals surface area contributed by atoms with Gasteiger partial charge in [-0.2, -0.15) is 0 Å². The van der Waals surface area contributed by atoms with Gasteiger partial charge in [-0.3, -0.25) is 14.4 Å². The van der Waals surface area contributed by atoms with E-state index in [0.29, 0.717) is 51.2 Å². The van der Waals surface area contributed by atoms with Crippen LogP contribution in [0.3, 0.4) is 0 Å². The molecule has 0 aliphatic carbocycles. The van der Waals surface area contributed by atoms with Crippen LogP contribution >= 0.6 is 0 Å². The van der Waals surface area contributed by atoms with E-state index in [1.165, 1.54) is 0 Å². The highest BCUT2D eigenvalue weighted by Crippen LogP contribution is 2.24. The summed E-state index contributed by atoms with van der Waals surface area (Å²) in [6, 6.07) is 6.86. The van der Waals surface area contributed by atoms with E-state index in [0.717, 1.165) is 18.4 Å². The van der Waals surface area contributed by atoms with Gasteiger partial charge in [-0.05, 0) is 50.3 Å². The number of piperazine rings is 1. The molecule has 3 heterocycles. The number of carbonyl (C=O) groups excluding carboxylic acids is 4. The molecule has 3 aliphatic heterocycles. The normalized spacial score (nSPS) is 21.5. The number of likely N-dealkylation sites (tertiary alicyclic amines) is 1. The lowest BCUT2D eigenvalue weighted by Crippen LogP contribution is -2.56. The zero-order valence-corrected chi connectivity index (χ0v) is 18.4. The molecule has 0 saturated carbocycles. The molecule has 0 radical (unpaired) electrons. The lowest BCUT2D eigenvalue weighted by Gasteiger charge is -2.36. The first-order valence-electron chi connectivity index (χ1n) is 11.4. The molecule has 1 N–H and O–H groups in total. The monoisotopic (exact) mass is 442 g/mol. The van der Waals surface area contributed by atoms with E-state index >= 15 is 0 Å². The Morgan fingerprint density at radius 2 is 1.78 bits per heavy atom. The highest BCUT2D eigenvalue weighted by atomic mass is 16.6. The maximum absolute atomic E-state index is 12.7. The van der Waals surface area contributed by atoms with Crippen LogP contribution in [0.4, 0.5) is 4.79 Å². The van der Waals surface area contributed by atoms with Crippen molar-refractivity contribution in [3.8, 4) is 0 Å². The fourth-order valence-electron chi connectivity index (χ4n) is 4.67. The van der Waals surface area contributed by atoms with E-state index in [-0.39, 0.29) is 42.4 Å². The first-order chi connectivity index (χ1) is 15.5. The van der Waals surface area contributed by atoms with Crippen molar-refractivity contribution >= 4 is 23.8 Å². The van der Waals surface area contributed by atoms with Gasteiger partial charge in [0.15, 0.2) is 0 Å². The Kier molecular flexibility index (Phi) is 6.62.